The second-order valence-electron chi connectivity index (χ2n) is 7.82. The lowest BCUT2D eigenvalue weighted by Gasteiger charge is -2.33. The summed E-state index contributed by atoms with van der Waals surface area (Å²) in [6.07, 6.45) is 4.96. The Morgan fingerprint density at radius 1 is 1.03 bits per heavy atom. The highest BCUT2D eigenvalue weighted by atomic mass is 16.5. The molecule has 8 nitrogen and oxygen atoms in total. The van der Waals surface area contributed by atoms with E-state index >= 15 is 0 Å². The van der Waals surface area contributed by atoms with Gasteiger partial charge in [0.05, 0.1) is 20.1 Å². The van der Waals surface area contributed by atoms with Crippen molar-refractivity contribution in [2.24, 2.45) is 5.92 Å². The third-order valence-corrected chi connectivity index (χ3v) is 5.57. The van der Waals surface area contributed by atoms with Gasteiger partial charge in [-0.15, -0.1) is 0 Å². The van der Waals surface area contributed by atoms with Gasteiger partial charge in [0.2, 0.25) is 5.91 Å². The van der Waals surface area contributed by atoms with Crippen LogP contribution in [-0.4, -0.2) is 43.2 Å². The Balaban J connectivity index is 1.41. The van der Waals surface area contributed by atoms with Crippen LogP contribution < -0.4 is 24.4 Å². The van der Waals surface area contributed by atoms with Crippen molar-refractivity contribution >= 4 is 11.7 Å². The van der Waals surface area contributed by atoms with Gasteiger partial charge in [0, 0.05) is 38.1 Å². The molecule has 1 N–H and O–H groups in total. The van der Waals surface area contributed by atoms with Gasteiger partial charge in [0.25, 0.3) is 5.88 Å². The first kappa shape index (κ1) is 22.4. The van der Waals surface area contributed by atoms with E-state index in [-0.39, 0.29) is 11.8 Å². The summed E-state index contributed by atoms with van der Waals surface area (Å²) in [5.74, 6) is 3.02. The van der Waals surface area contributed by atoms with Gasteiger partial charge in [0.1, 0.15) is 17.2 Å². The summed E-state index contributed by atoms with van der Waals surface area (Å²) < 4.78 is 16.6. The highest BCUT2D eigenvalue weighted by Gasteiger charge is 2.28. The highest BCUT2D eigenvalue weighted by molar-refractivity contribution is 5.79. The van der Waals surface area contributed by atoms with Crippen molar-refractivity contribution in [3.8, 4) is 23.1 Å². The molecule has 2 heterocycles. The van der Waals surface area contributed by atoms with Crippen LogP contribution in [0.2, 0.25) is 0 Å². The summed E-state index contributed by atoms with van der Waals surface area (Å²) in [5, 5.41) is 3.05. The van der Waals surface area contributed by atoms with E-state index in [1.807, 2.05) is 42.5 Å². The topological polar surface area (TPSA) is 85.8 Å². The Kier molecular flexibility index (Phi) is 7.24. The smallest absolute Gasteiger partial charge is 0.263 e. The largest absolute Gasteiger partial charge is 0.497 e. The summed E-state index contributed by atoms with van der Waals surface area (Å²) in [6.45, 7) is 1.74. The fraction of sp³-hybridized carbons (Fsp3) is 0.320. The molecule has 1 atom stereocenters. The lowest BCUT2D eigenvalue weighted by Crippen LogP contribution is -2.43. The molecule has 2 aromatic carbocycles. The Hall–Kier alpha value is -3.81. The number of rotatable bonds is 8. The van der Waals surface area contributed by atoms with Gasteiger partial charge < -0.3 is 24.4 Å². The van der Waals surface area contributed by atoms with Crippen LogP contribution in [0, 0.1) is 5.92 Å². The Morgan fingerprint density at radius 2 is 1.76 bits per heavy atom. The van der Waals surface area contributed by atoms with E-state index in [9.17, 15) is 4.79 Å². The second kappa shape index (κ2) is 10.7. The predicted molar refractivity (Wildman–Crippen MR) is 125 cm³/mol. The van der Waals surface area contributed by atoms with Crippen molar-refractivity contribution in [3.05, 3.63) is 66.5 Å². The SMILES string of the molecule is COc1cc(CNC(=O)[C@H]2CCCN(c3nccnc3Oc3ccccc3)C2)cc(OC)c1. The molecule has 33 heavy (non-hydrogen) atoms. The normalized spacial score (nSPS) is 15.6. The van der Waals surface area contributed by atoms with E-state index < -0.39 is 0 Å². The first-order chi connectivity index (χ1) is 16.2. The molecule has 0 spiro atoms. The second-order valence-corrected chi connectivity index (χ2v) is 7.82. The molecule has 0 unspecified atom stereocenters. The molecule has 0 bridgehead atoms. The number of nitrogens with one attached hydrogen (secondary N) is 1. The molecular weight excluding hydrogens is 420 g/mol. The first-order valence-corrected chi connectivity index (χ1v) is 10.9. The van der Waals surface area contributed by atoms with E-state index in [2.05, 4.69) is 20.2 Å². The van der Waals surface area contributed by atoms with Gasteiger partial charge in [0.15, 0.2) is 5.82 Å². The van der Waals surface area contributed by atoms with Crippen molar-refractivity contribution in [2.45, 2.75) is 19.4 Å². The number of para-hydroxylation sites is 1. The maximum absolute atomic E-state index is 13.0. The molecule has 0 saturated carbocycles. The van der Waals surface area contributed by atoms with Crippen LogP contribution in [0.4, 0.5) is 5.82 Å². The van der Waals surface area contributed by atoms with Gasteiger partial charge in [-0.05, 0) is 42.7 Å². The van der Waals surface area contributed by atoms with Crippen molar-refractivity contribution in [1.29, 1.82) is 0 Å². The molecule has 1 fully saturated rings. The van der Waals surface area contributed by atoms with E-state index in [0.29, 0.717) is 42.0 Å². The minimum Gasteiger partial charge on any atom is -0.497 e. The molecule has 8 heteroatoms. The van der Waals surface area contributed by atoms with E-state index in [1.54, 1.807) is 32.7 Å². The average molecular weight is 449 g/mol. The minimum atomic E-state index is -0.155. The molecular formula is C25H28N4O4. The lowest BCUT2D eigenvalue weighted by atomic mass is 9.97. The number of ether oxygens (including phenoxy) is 3. The third kappa shape index (κ3) is 5.71. The van der Waals surface area contributed by atoms with Crippen LogP contribution in [0.15, 0.2) is 60.9 Å². The first-order valence-electron chi connectivity index (χ1n) is 10.9. The molecule has 3 aromatic rings. The molecule has 1 aromatic heterocycles. The number of amides is 1. The van der Waals surface area contributed by atoms with Gasteiger partial charge in [-0.25, -0.2) is 9.97 Å². The number of anilines is 1. The van der Waals surface area contributed by atoms with Crippen LogP contribution in [-0.2, 0) is 11.3 Å². The van der Waals surface area contributed by atoms with Crippen molar-refractivity contribution in [1.82, 2.24) is 15.3 Å². The van der Waals surface area contributed by atoms with Crippen molar-refractivity contribution in [2.75, 3.05) is 32.2 Å². The lowest BCUT2D eigenvalue weighted by molar-refractivity contribution is -0.125. The summed E-state index contributed by atoms with van der Waals surface area (Å²) in [4.78, 5) is 23.9. The number of piperidine rings is 1. The summed E-state index contributed by atoms with van der Waals surface area (Å²) >= 11 is 0. The Morgan fingerprint density at radius 3 is 2.48 bits per heavy atom. The number of hydrogen-bond acceptors (Lipinski definition) is 7. The van der Waals surface area contributed by atoms with Gasteiger partial charge in [-0.3, -0.25) is 4.79 Å². The Labute approximate surface area is 193 Å². The van der Waals surface area contributed by atoms with Crippen LogP contribution in [0.25, 0.3) is 0 Å². The van der Waals surface area contributed by atoms with Crippen LogP contribution in [0.1, 0.15) is 18.4 Å². The predicted octanol–water partition coefficient (Wildman–Crippen LogP) is 3.82. The molecule has 1 amide bonds. The van der Waals surface area contributed by atoms with Crippen LogP contribution in [0.3, 0.4) is 0 Å². The summed E-state index contributed by atoms with van der Waals surface area (Å²) in [6, 6.07) is 15.1. The number of carbonyl (C=O) groups excluding carboxylic acids is 1. The molecule has 0 aliphatic carbocycles. The van der Waals surface area contributed by atoms with Crippen molar-refractivity contribution in [3.63, 3.8) is 0 Å². The van der Waals surface area contributed by atoms with Gasteiger partial charge >= 0.3 is 0 Å². The zero-order valence-electron chi connectivity index (χ0n) is 18.9. The third-order valence-electron chi connectivity index (χ3n) is 5.57. The number of carbonyl (C=O) groups is 1. The molecule has 172 valence electrons. The fourth-order valence-electron chi connectivity index (χ4n) is 3.89. The highest BCUT2D eigenvalue weighted by Crippen LogP contribution is 2.31. The number of aromatic nitrogens is 2. The van der Waals surface area contributed by atoms with E-state index in [0.717, 1.165) is 24.9 Å². The number of benzene rings is 2. The van der Waals surface area contributed by atoms with E-state index in [1.165, 1.54) is 0 Å². The van der Waals surface area contributed by atoms with Gasteiger partial charge in [-0.1, -0.05) is 18.2 Å². The zero-order chi connectivity index (χ0) is 23.0. The number of hydrogen-bond donors (Lipinski definition) is 1. The summed E-state index contributed by atoms with van der Waals surface area (Å²) in [5.41, 5.74) is 0.916. The van der Waals surface area contributed by atoms with Gasteiger partial charge in [-0.2, -0.15) is 0 Å². The molecule has 0 radical (unpaired) electrons. The molecule has 1 saturated heterocycles. The molecule has 4 rings (SSSR count). The number of nitrogens with zero attached hydrogens (tertiary/aromatic N) is 3. The molecule has 1 aliphatic heterocycles. The maximum atomic E-state index is 13.0. The fourth-order valence-corrected chi connectivity index (χ4v) is 3.89. The summed E-state index contributed by atoms with van der Waals surface area (Å²) in [7, 11) is 3.21. The molecule has 1 aliphatic rings. The van der Waals surface area contributed by atoms with E-state index in [4.69, 9.17) is 14.2 Å². The Bertz CT molecular complexity index is 1050. The zero-order valence-corrected chi connectivity index (χ0v) is 18.9. The maximum Gasteiger partial charge on any atom is 0.263 e. The van der Waals surface area contributed by atoms with Crippen LogP contribution in [0.5, 0.6) is 23.1 Å². The minimum absolute atomic E-state index is 0.0101. The van der Waals surface area contributed by atoms with Crippen LogP contribution >= 0.6 is 0 Å². The standard InChI is InChI=1S/C25H28N4O4/c1-31-21-13-18(14-22(15-21)32-2)16-28-24(30)19-7-6-12-29(17-19)23-25(27-11-10-26-23)33-20-8-4-3-5-9-20/h3-5,8-11,13-15,19H,6-7,12,16-17H2,1-2H3,(H,28,30)/t19-/m0/s1. The van der Waals surface area contributed by atoms with Crippen molar-refractivity contribution < 1.29 is 19.0 Å². The quantitative estimate of drug-likeness (QED) is 0.561. The average Bonchev–Trinajstić information content (AvgIpc) is 2.88. The monoisotopic (exact) mass is 448 g/mol. The number of methoxy groups -OCH3 is 2.